The zero-order chi connectivity index (χ0) is 8.69. The van der Waals surface area contributed by atoms with E-state index in [9.17, 15) is 5.11 Å². The summed E-state index contributed by atoms with van der Waals surface area (Å²) in [6.07, 6.45) is 4.93. The largest absolute Gasteiger partial charge is 0.393 e. The van der Waals surface area contributed by atoms with Gasteiger partial charge in [-0.1, -0.05) is 48.7 Å². The molecule has 11 heavy (non-hydrogen) atoms. The highest BCUT2D eigenvalue weighted by atomic mass is 79.9. The molecule has 66 valence electrons. The van der Waals surface area contributed by atoms with Crippen LogP contribution in [-0.2, 0) is 0 Å². The Labute approximate surface area is 77.6 Å². The van der Waals surface area contributed by atoms with Crippen molar-refractivity contribution in [3.05, 3.63) is 11.1 Å². The SMILES string of the molecule is C=C(Br)C[C@H](O)CCCCC. The molecule has 0 aliphatic heterocycles. The molecule has 0 aromatic carbocycles. The van der Waals surface area contributed by atoms with E-state index in [-0.39, 0.29) is 6.10 Å². The van der Waals surface area contributed by atoms with Crippen LogP contribution >= 0.6 is 15.9 Å². The van der Waals surface area contributed by atoms with Crippen LogP contribution in [0.2, 0.25) is 0 Å². The summed E-state index contributed by atoms with van der Waals surface area (Å²) in [5, 5.41) is 9.36. The minimum absolute atomic E-state index is 0.201. The average molecular weight is 221 g/mol. The van der Waals surface area contributed by atoms with Crippen LogP contribution in [-0.4, -0.2) is 11.2 Å². The Morgan fingerprint density at radius 3 is 2.64 bits per heavy atom. The first-order valence-electron chi connectivity index (χ1n) is 4.18. The number of rotatable bonds is 6. The van der Waals surface area contributed by atoms with Gasteiger partial charge in [0.25, 0.3) is 0 Å². The van der Waals surface area contributed by atoms with Crippen molar-refractivity contribution in [2.24, 2.45) is 0 Å². The van der Waals surface area contributed by atoms with E-state index in [1.165, 1.54) is 12.8 Å². The summed E-state index contributed by atoms with van der Waals surface area (Å²) < 4.78 is 0.890. The summed E-state index contributed by atoms with van der Waals surface area (Å²) in [6, 6.07) is 0. The van der Waals surface area contributed by atoms with E-state index < -0.39 is 0 Å². The monoisotopic (exact) mass is 220 g/mol. The van der Waals surface area contributed by atoms with E-state index >= 15 is 0 Å². The summed E-state index contributed by atoms with van der Waals surface area (Å²) in [5.74, 6) is 0. The van der Waals surface area contributed by atoms with Crippen molar-refractivity contribution in [1.29, 1.82) is 0 Å². The summed E-state index contributed by atoms with van der Waals surface area (Å²) in [6.45, 7) is 5.84. The first kappa shape index (κ1) is 11.2. The number of hydrogen-bond acceptors (Lipinski definition) is 1. The number of halogens is 1. The fraction of sp³-hybridized carbons (Fsp3) is 0.778. The zero-order valence-electron chi connectivity index (χ0n) is 7.15. The van der Waals surface area contributed by atoms with Crippen LogP contribution in [0.15, 0.2) is 11.1 Å². The second kappa shape index (κ2) is 6.86. The van der Waals surface area contributed by atoms with Crippen LogP contribution in [0.25, 0.3) is 0 Å². The summed E-state index contributed by atoms with van der Waals surface area (Å²) in [7, 11) is 0. The number of aliphatic hydroxyl groups excluding tert-OH is 1. The third-order valence-corrected chi connectivity index (χ3v) is 1.92. The molecule has 0 fully saturated rings. The van der Waals surface area contributed by atoms with E-state index in [1.807, 2.05) is 0 Å². The van der Waals surface area contributed by atoms with Crippen LogP contribution in [0.4, 0.5) is 0 Å². The van der Waals surface area contributed by atoms with Gasteiger partial charge in [0, 0.05) is 6.42 Å². The first-order chi connectivity index (χ1) is 5.16. The molecule has 0 spiro atoms. The van der Waals surface area contributed by atoms with E-state index in [2.05, 4.69) is 29.4 Å². The first-order valence-corrected chi connectivity index (χ1v) is 4.97. The lowest BCUT2D eigenvalue weighted by Gasteiger charge is -2.07. The molecule has 0 rings (SSSR count). The number of hydrogen-bond donors (Lipinski definition) is 1. The molecular weight excluding hydrogens is 204 g/mol. The van der Waals surface area contributed by atoms with Gasteiger partial charge >= 0.3 is 0 Å². The molecule has 0 aromatic rings. The van der Waals surface area contributed by atoms with Gasteiger partial charge in [-0.05, 0) is 10.9 Å². The standard InChI is InChI=1S/C9H17BrO/c1-3-4-5-6-9(11)7-8(2)10/h9,11H,2-7H2,1H3/t9-/m1/s1. The van der Waals surface area contributed by atoms with Crippen molar-refractivity contribution in [3.8, 4) is 0 Å². The van der Waals surface area contributed by atoms with Crippen molar-refractivity contribution in [2.75, 3.05) is 0 Å². The Bertz CT molecular complexity index is 112. The second-order valence-electron chi connectivity index (χ2n) is 2.87. The topological polar surface area (TPSA) is 20.2 Å². The van der Waals surface area contributed by atoms with Crippen molar-refractivity contribution >= 4 is 15.9 Å². The molecule has 0 radical (unpaired) electrons. The molecular formula is C9H17BrO. The fourth-order valence-electron chi connectivity index (χ4n) is 0.988. The van der Waals surface area contributed by atoms with Gasteiger partial charge in [-0.15, -0.1) is 0 Å². The Kier molecular flexibility index (Phi) is 6.98. The van der Waals surface area contributed by atoms with E-state index in [0.29, 0.717) is 6.42 Å². The van der Waals surface area contributed by atoms with Crippen LogP contribution < -0.4 is 0 Å². The van der Waals surface area contributed by atoms with Gasteiger partial charge < -0.3 is 5.11 Å². The molecule has 0 bridgehead atoms. The maximum atomic E-state index is 9.36. The van der Waals surface area contributed by atoms with Gasteiger partial charge in [-0.3, -0.25) is 0 Å². The lowest BCUT2D eigenvalue weighted by molar-refractivity contribution is 0.163. The van der Waals surface area contributed by atoms with Crippen molar-refractivity contribution < 1.29 is 5.11 Å². The maximum absolute atomic E-state index is 9.36. The van der Waals surface area contributed by atoms with Crippen molar-refractivity contribution in [3.63, 3.8) is 0 Å². The van der Waals surface area contributed by atoms with Crippen molar-refractivity contribution in [2.45, 2.75) is 45.1 Å². The summed E-state index contributed by atoms with van der Waals surface area (Å²) in [4.78, 5) is 0. The summed E-state index contributed by atoms with van der Waals surface area (Å²) in [5.41, 5.74) is 0. The predicted octanol–water partition coefficient (Wildman–Crippen LogP) is 3.23. The molecule has 1 N–H and O–H groups in total. The van der Waals surface area contributed by atoms with Gasteiger partial charge in [-0.25, -0.2) is 0 Å². The molecule has 0 unspecified atom stereocenters. The van der Waals surface area contributed by atoms with Gasteiger partial charge in [0.1, 0.15) is 0 Å². The molecule has 0 amide bonds. The molecule has 0 aromatic heterocycles. The Hall–Kier alpha value is 0.180. The molecule has 0 aliphatic carbocycles. The fourth-order valence-corrected chi connectivity index (χ4v) is 1.36. The van der Waals surface area contributed by atoms with Crippen LogP contribution in [0, 0.1) is 0 Å². The smallest absolute Gasteiger partial charge is 0.0585 e. The van der Waals surface area contributed by atoms with E-state index in [4.69, 9.17) is 0 Å². The molecule has 0 aliphatic rings. The third-order valence-electron chi connectivity index (χ3n) is 1.60. The van der Waals surface area contributed by atoms with Gasteiger partial charge in [0.15, 0.2) is 0 Å². The summed E-state index contributed by atoms with van der Waals surface area (Å²) >= 11 is 3.23. The molecule has 1 nitrogen and oxygen atoms in total. The Balaban J connectivity index is 3.22. The van der Waals surface area contributed by atoms with Crippen LogP contribution in [0.3, 0.4) is 0 Å². The Morgan fingerprint density at radius 2 is 2.18 bits per heavy atom. The average Bonchev–Trinajstić information content (AvgIpc) is 1.86. The lowest BCUT2D eigenvalue weighted by Crippen LogP contribution is -2.05. The zero-order valence-corrected chi connectivity index (χ0v) is 8.73. The maximum Gasteiger partial charge on any atom is 0.0585 e. The minimum atomic E-state index is -0.201. The third kappa shape index (κ3) is 8.08. The quantitative estimate of drug-likeness (QED) is 0.682. The molecule has 0 heterocycles. The number of aliphatic hydroxyl groups is 1. The van der Waals surface area contributed by atoms with Gasteiger partial charge in [-0.2, -0.15) is 0 Å². The minimum Gasteiger partial charge on any atom is -0.393 e. The van der Waals surface area contributed by atoms with Crippen LogP contribution in [0.5, 0.6) is 0 Å². The van der Waals surface area contributed by atoms with Crippen molar-refractivity contribution in [1.82, 2.24) is 0 Å². The predicted molar refractivity (Wildman–Crippen MR) is 52.8 cm³/mol. The molecule has 0 saturated heterocycles. The molecule has 0 saturated carbocycles. The highest BCUT2D eigenvalue weighted by Crippen LogP contribution is 2.14. The lowest BCUT2D eigenvalue weighted by atomic mass is 10.1. The van der Waals surface area contributed by atoms with Gasteiger partial charge in [0.2, 0.25) is 0 Å². The van der Waals surface area contributed by atoms with E-state index in [1.54, 1.807) is 0 Å². The highest BCUT2D eigenvalue weighted by molar-refractivity contribution is 9.11. The highest BCUT2D eigenvalue weighted by Gasteiger charge is 2.03. The van der Waals surface area contributed by atoms with E-state index in [0.717, 1.165) is 17.3 Å². The number of unbranched alkanes of at least 4 members (excludes halogenated alkanes) is 2. The van der Waals surface area contributed by atoms with Crippen LogP contribution in [0.1, 0.15) is 39.0 Å². The molecule has 1 atom stereocenters. The normalized spacial score (nSPS) is 13.0. The Morgan fingerprint density at radius 1 is 1.55 bits per heavy atom. The molecule has 2 heteroatoms. The van der Waals surface area contributed by atoms with Gasteiger partial charge in [0.05, 0.1) is 6.10 Å². The second-order valence-corrected chi connectivity index (χ2v) is 3.99.